The first-order chi connectivity index (χ1) is 8.76. The molecule has 3 atom stereocenters. The van der Waals surface area contributed by atoms with E-state index in [0.717, 1.165) is 11.7 Å². The van der Waals surface area contributed by atoms with Crippen molar-refractivity contribution in [1.29, 1.82) is 0 Å². The molecular formula is C14H16Cl2OZr. The quantitative estimate of drug-likeness (QED) is 0.669. The van der Waals surface area contributed by atoms with Crippen molar-refractivity contribution in [2.45, 2.75) is 25.7 Å². The van der Waals surface area contributed by atoms with E-state index in [1.165, 1.54) is 18.6 Å². The van der Waals surface area contributed by atoms with Crippen LogP contribution in [0.5, 0.6) is 0 Å². The molecule has 1 nitrogen and oxygen atoms in total. The first-order valence-electron chi connectivity index (χ1n) is 6.14. The minimum absolute atomic E-state index is 0.602. The van der Waals surface area contributed by atoms with Gasteiger partial charge in [0.25, 0.3) is 0 Å². The Morgan fingerprint density at radius 2 is 1.89 bits per heavy atom. The van der Waals surface area contributed by atoms with E-state index in [2.05, 4.69) is 36.4 Å². The molecule has 1 aromatic rings. The number of fused-ring (bicyclic) bond motifs is 1. The number of hydrogen-bond donors (Lipinski definition) is 0. The van der Waals surface area contributed by atoms with Crippen molar-refractivity contribution in [1.82, 2.24) is 0 Å². The van der Waals surface area contributed by atoms with Crippen molar-refractivity contribution in [3.05, 3.63) is 48.0 Å². The number of rotatable bonds is 1. The van der Waals surface area contributed by atoms with E-state index in [4.69, 9.17) is 21.4 Å². The summed E-state index contributed by atoms with van der Waals surface area (Å²) in [5.41, 5.74) is 0. The standard InChI is InChI=1S/C14H16O.2ClH.Zr/c1-10-6-9-14(15-10)13-8-7-11-4-2-3-5-12(11)13;;;/h2-6,9,11-13H,7-8H2,1H3;2*1H;/q;;;+2/p-2. The fourth-order valence-electron chi connectivity index (χ4n) is 2.94. The topological polar surface area (TPSA) is 13.1 Å². The SMILES string of the molecule is Cc1ccc(C2CCC3C=CC=CC32)o1.[Cl][Zr][Cl]. The van der Waals surface area contributed by atoms with E-state index in [-0.39, 0.29) is 0 Å². The molecule has 1 fully saturated rings. The normalized spacial score (nSPS) is 28.5. The molecule has 0 aromatic carbocycles. The van der Waals surface area contributed by atoms with Gasteiger partial charge in [0.05, 0.1) is 0 Å². The number of halogens is 2. The number of aryl methyl sites for hydroxylation is 1. The van der Waals surface area contributed by atoms with Crippen LogP contribution in [0.4, 0.5) is 0 Å². The maximum atomic E-state index is 5.76. The van der Waals surface area contributed by atoms with Crippen LogP contribution in [0.1, 0.15) is 30.3 Å². The molecule has 2 aliphatic carbocycles. The molecule has 0 N–H and O–H groups in total. The summed E-state index contributed by atoms with van der Waals surface area (Å²) in [6.45, 7) is 2.02. The molecule has 3 rings (SSSR count). The minimum atomic E-state index is -0.826. The van der Waals surface area contributed by atoms with Crippen LogP contribution in [0.2, 0.25) is 0 Å². The Labute approximate surface area is 127 Å². The van der Waals surface area contributed by atoms with Crippen molar-refractivity contribution in [2.24, 2.45) is 11.8 Å². The monoisotopic (exact) mass is 360 g/mol. The van der Waals surface area contributed by atoms with E-state index < -0.39 is 20.8 Å². The second-order valence-electron chi connectivity index (χ2n) is 4.71. The van der Waals surface area contributed by atoms with Crippen molar-refractivity contribution in [2.75, 3.05) is 0 Å². The molecule has 0 bridgehead atoms. The molecule has 4 heteroatoms. The molecule has 0 radical (unpaired) electrons. The molecule has 96 valence electrons. The molecule has 0 spiro atoms. The van der Waals surface area contributed by atoms with Gasteiger partial charge >= 0.3 is 37.9 Å². The maximum absolute atomic E-state index is 5.76. The average molecular weight is 362 g/mol. The van der Waals surface area contributed by atoms with Gasteiger partial charge in [-0.15, -0.1) is 0 Å². The Kier molecular flexibility index (Phi) is 5.79. The third kappa shape index (κ3) is 3.41. The molecule has 1 aromatic heterocycles. The van der Waals surface area contributed by atoms with Crippen LogP contribution >= 0.6 is 17.0 Å². The fourth-order valence-corrected chi connectivity index (χ4v) is 2.94. The van der Waals surface area contributed by atoms with Crippen molar-refractivity contribution < 1.29 is 25.3 Å². The van der Waals surface area contributed by atoms with Crippen molar-refractivity contribution in [3.63, 3.8) is 0 Å². The van der Waals surface area contributed by atoms with E-state index in [0.29, 0.717) is 11.8 Å². The third-order valence-corrected chi connectivity index (χ3v) is 3.70. The summed E-state index contributed by atoms with van der Waals surface area (Å²) >= 11 is -0.826. The number of furan rings is 1. The Hall–Kier alpha value is 0.223. The van der Waals surface area contributed by atoms with Gasteiger partial charge in [-0.1, -0.05) is 24.3 Å². The van der Waals surface area contributed by atoms with E-state index in [1.807, 2.05) is 6.92 Å². The van der Waals surface area contributed by atoms with Crippen LogP contribution in [0, 0.1) is 18.8 Å². The second-order valence-corrected chi connectivity index (χ2v) is 8.45. The van der Waals surface area contributed by atoms with Gasteiger partial charge < -0.3 is 4.42 Å². The Balaban J connectivity index is 0.000000367. The van der Waals surface area contributed by atoms with Crippen molar-refractivity contribution in [3.8, 4) is 0 Å². The molecule has 3 unspecified atom stereocenters. The van der Waals surface area contributed by atoms with Crippen LogP contribution in [0.25, 0.3) is 0 Å². The molecule has 0 amide bonds. The Morgan fingerprint density at radius 1 is 1.17 bits per heavy atom. The van der Waals surface area contributed by atoms with E-state index in [9.17, 15) is 0 Å². The van der Waals surface area contributed by atoms with Crippen LogP contribution in [0.3, 0.4) is 0 Å². The molecule has 1 heterocycles. The van der Waals surface area contributed by atoms with Gasteiger partial charge in [-0.25, -0.2) is 0 Å². The van der Waals surface area contributed by atoms with Gasteiger partial charge in [-0.2, -0.15) is 0 Å². The van der Waals surface area contributed by atoms with Gasteiger partial charge in [0.2, 0.25) is 0 Å². The predicted octanol–water partition coefficient (Wildman–Crippen LogP) is 5.20. The summed E-state index contributed by atoms with van der Waals surface area (Å²) in [5, 5.41) is 0. The molecule has 1 saturated carbocycles. The summed E-state index contributed by atoms with van der Waals surface area (Å²) in [5.74, 6) is 4.22. The van der Waals surface area contributed by atoms with Crippen LogP contribution in [0.15, 0.2) is 40.9 Å². The number of hydrogen-bond acceptors (Lipinski definition) is 1. The summed E-state index contributed by atoms with van der Waals surface area (Å²) in [4.78, 5) is 0. The molecule has 0 saturated heterocycles. The first kappa shape index (κ1) is 14.6. The second kappa shape index (κ2) is 7.12. The fraction of sp³-hybridized carbons (Fsp3) is 0.429. The summed E-state index contributed by atoms with van der Waals surface area (Å²) in [6, 6.07) is 4.22. The van der Waals surface area contributed by atoms with Crippen LogP contribution in [-0.2, 0) is 20.8 Å². The molecule has 18 heavy (non-hydrogen) atoms. The third-order valence-electron chi connectivity index (χ3n) is 3.70. The molecule has 0 aliphatic heterocycles. The average Bonchev–Trinajstić information content (AvgIpc) is 2.96. The Morgan fingerprint density at radius 3 is 2.56 bits per heavy atom. The zero-order valence-corrected chi connectivity index (χ0v) is 14.2. The van der Waals surface area contributed by atoms with Gasteiger partial charge in [-0.05, 0) is 43.7 Å². The number of allylic oxidation sites excluding steroid dienone is 4. The van der Waals surface area contributed by atoms with Gasteiger partial charge in [0.15, 0.2) is 0 Å². The predicted molar refractivity (Wildman–Crippen MR) is 72.4 cm³/mol. The molecular weight excluding hydrogens is 346 g/mol. The van der Waals surface area contributed by atoms with E-state index >= 15 is 0 Å². The van der Waals surface area contributed by atoms with E-state index in [1.54, 1.807) is 0 Å². The van der Waals surface area contributed by atoms with Gasteiger partial charge in [0.1, 0.15) is 11.5 Å². The zero-order valence-electron chi connectivity index (χ0n) is 10.3. The van der Waals surface area contributed by atoms with Gasteiger partial charge in [-0.3, -0.25) is 0 Å². The summed E-state index contributed by atoms with van der Waals surface area (Å²) in [6.07, 6.45) is 11.6. The molecule has 2 aliphatic rings. The summed E-state index contributed by atoms with van der Waals surface area (Å²) < 4.78 is 5.76. The summed E-state index contributed by atoms with van der Waals surface area (Å²) in [7, 11) is 9.87. The van der Waals surface area contributed by atoms with Crippen LogP contribution in [-0.4, -0.2) is 0 Å². The van der Waals surface area contributed by atoms with Crippen molar-refractivity contribution >= 4 is 17.0 Å². The Bertz CT molecular complexity index is 439. The first-order valence-corrected chi connectivity index (χ1v) is 12.5. The zero-order chi connectivity index (χ0) is 13.0. The van der Waals surface area contributed by atoms with Gasteiger partial charge in [0, 0.05) is 5.92 Å². The van der Waals surface area contributed by atoms with Crippen LogP contribution < -0.4 is 0 Å².